The van der Waals surface area contributed by atoms with E-state index in [-0.39, 0.29) is 46.0 Å². The Balaban J connectivity index is 2.23. The van der Waals surface area contributed by atoms with Crippen molar-refractivity contribution in [1.29, 1.82) is 0 Å². The first-order chi connectivity index (χ1) is 12.7. The molecule has 0 bridgehead atoms. The van der Waals surface area contributed by atoms with Gasteiger partial charge in [-0.25, -0.2) is 4.79 Å². The van der Waals surface area contributed by atoms with Crippen LogP contribution in [0, 0.1) is 20.8 Å². The van der Waals surface area contributed by atoms with E-state index in [9.17, 15) is 19.8 Å². The van der Waals surface area contributed by atoms with Gasteiger partial charge in [-0.2, -0.15) is 0 Å². The maximum absolute atomic E-state index is 12.0. The van der Waals surface area contributed by atoms with Crippen molar-refractivity contribution in [3.8, 4) is 11.5 Å². The molecule has 0 fully saturated rings. The Labute approximate surface area is 154 Å². The van der Waals surface area contributed by atoms with Gasteiger partial charge >= 0.3 is 5.97 Å². The van der Waals surface area contributed by atoms with Crippen molar-refractivity contribution in [1.82, 2.24) is 5.16 Å². The van der Waals surface area contributed by atoms with Crippen LogP contribution in [0.3, 0.4) is 0 Å². The van der Waals surface area contributed by atoms with Crippen molar-refractivity contribution in [3.63, 3.8) is 0 Å². The highest BCUT2D eigenvalue weighted by atomic mass is 16.5. The van der Waals surface area contributed by atoms with Crippen molar-refractivity contribution in [3.05, 3.63) is 39.5 Å². The van der Waals surface area contributed by atoms with Gasteiger partial charge in [-0.05, 0) is 27.7 Å². The van der Waals surface area contributed by atoms with E-state index in [0.717, 1.165) is 0 Å². The molecule has 0 aliphatic carbocycles. The Morgan fingerprint density at radius 3 is 2.30 bits per heavy atom. The molecule has 2 heterocycles. The summed E-state index contributed by atoms with van der Waals surface area (Å²) in [6, 6.07) is 0. The number of rotatable bonds is 4. The fourth-order valence-corrected chi connectivity index (χ4v) is 3.16. The summed E-state index contributed by atoms with van der Waals surface area (Å²) in [5, 5.41) is 24.8. The zero-order valence-electron chi connectivity index (χ0n) is 15.6. The van der Waals surface area contributed by atoms with Gasteiger partial charge < -0.3 is 23.9 Å². The number of methoxy groups -OCH3 is 1. The molecular formula is C19H19NO7. The number of furan rings is 1. The predicted octanol–water partition coefficient (Wildman–Crippen LogP) is 3.34. The normalized spacial score (nSPS) is 11.1. The van der Waals surface area contributed by atoms with Crippen LogP contribution in [0.5, 0.6) is 11.5 Å². The average Bonchev–Trinajstić information content (AvgIpc) is 3.13. The maximum Gasteiger partial charge on any atom is 0.343 e. The van der Waals surface area contributed by atoms with Crippen LogP contribution in [-0.2, 0) is 11.2 Å². The molecule has 1 aromatic carbocycles. The second-order valence-electron chi connectivity index (χ2n) is 6.34. The molecule has 0 spiro atoms. The van der Waals surface area contributed by atoms with Crippen LogP contribution < -0.4 is 0 Å². The molecule has 0 aliphatic heterocycles. The Morgan fingerprint density at radius 2 is 1.70 bits per heavy atom. The predicted molar refractivity (Wildman–Crippen MR) is 94.4 cm³/mol. The first-order valence-corrected chi connectivity index (χ1v) is 8.19. The monoisotopic (exact) mass is 373 g/mol. The number of Topliss-reactive ketones (excluding diaryl/α,β-unsaturated/α-hetero) is 1. The number of hydrogen-bond acceptors (Lipinski definition) is 8. The Kier molecular flexibility index (Phi) is 4.43. The zero-order chi connectivity index (χ0) is 20.0. The average molecular weight is 373 g/mol. The summed E-state index contributed by atoms with van der Waals surface area (Å²) in [5.74, 6) is -0.856. The topological polar surface area (TPSA) is 123 Å². The number of phenolic OH excluding ortho intramolecular Hbond substituents is 2. The molecule has 0 saturated heterocycles. The molecule has 0 amide bonds. The van der Waals surface area contributed by atoms with Gasteiger partial charge in [0.1, 0.15) is 28.4 Å². The molecule has 0 saturated carbocycles. The molecule has 0 unspecified atom stereocenters. The summed E-state index contributed by atoms with van der Waals surface area (Å²) in [6.45, 7) is 6.14. The molecule has 8 nitrogen and oxygen atoms in total. The Hall–Kier alpha value is -3.29. The van der Waals surface area contributed by atoms with E-state index in [1.165, 1.54) is 21.0 Å². The maximum atomic E-state index is 12.0. The highest BCUT2D eigenvalue weighted by Crippen LogP contribution is 2.43. The Morgan fingerprint density at radius 1 is 1.04 bits per heavy atom. The molecule has 2 aromatic heterocycles. The molecule has 0 aliphatic rings. The van der Waals surface area contributed by atoms with Crippen LogP contribution >= 0.6 is 0 Å². The third-order valence-corrected chi connectivity index (χ3v) is 4.65. The van der Waals surface area contributed by atoms with Crippen LogP contribution in [0.4, 0.5) is 0 Å². The number of aromatic hydroxyl groups is 2. The number of nitrogens with zero attached hydrogens (tertiary/aromatic N) is 1. The largest absolute Gasteiger partial charge is 0.507 e. The molecule has 0 radical (unpaired) electrons. The van der Waals surface area contributed by atoms with Gasteiger partial charge in [0, 0.05) is 11.1 Å². The lowest BCUT2D eigenvalue weighted by Gasteiger charge is -2.08. The Bertz CT molecular complexity index is 1090. The second kappa shape index (κ2) is 6.46. The van der Waals surface area contributed by atoms with Gasteiger partial charge in [-0.1, -0.05) is 5.16 Å². The first-order valence-electron chi connectivity index (χ1n) is 8.19. The van der Waals surface area contributed by atoms with Crippen molar-refractivity contribution in [2.75, 3.05) is 7.11 Å². The fourth-order valence-electron chi connectivity index (χ4n) is 3.16. The highest BCUT2D eigenvalue weighted by Gasteiger charge is 2.28. The number of benzene rings is 1. The summed E-state index contributed by atoms with van der Waals surface area (Å²) in [5.41, 5.74) is 1.42. The number of aromatic nitrogens is 1. The quantitative estimate of drug-likeness (QED) is 0.527. The number of fused-ring (bicyclic) bond motifs is 1. The molecule has 3 aromatic rings. The van der Waals surface area contributed by atoms with Crippen molar-refractivity contribution < 1.29 is 33.5 Å². The van der Waals surface area contributed by atoms with Crippen LogP contribution in [-0.4, -0.2) is 34.2 Å². The molecule has 142 valence electrons. The third kappa shape index (κ3) is 2.73. The van der Waals surface area contributed by atoms with Crippen LogP contribution in [0.2, 0.25) is 0 Å². The van der Waals surface area contributed by atoms with Crippen LogP contribution in [0.1, 0.15) is 56.0 Å². The number of carbonyl (C=O) groups excluding carboxylic acids is 2. The lowest BCUT2D eigenvalue weighted by atomic mass is 9.99. The summed E-state index contributed by atoms with van der Waals surface area (Å²) in [7, 11) is 1.26. The third-order valence-electron chi connectivity index (χ3n) is 4.65. The van der Waals surface area contributed by atoms with Crippen molar-refractivity contribution in [2.24, 2.45) is 0 Å². The van der Waals surface area contributed by atoms with Crippen molar-refractivity contribution >= 4 is 22.7 Å². The van der Waals surface area contributed by atoms with Gasteiger partial charge in [0.25, 0.3) is 0 Å². The van der Waals surface area contributed by atoms with Gasteiger partial charge in [-0.15, -0.1) is 0 Å². The highest BCUT2D eigenvalue weighted by molar-refractivity contribution is 6.10. The molecule has 8 heteroatoms. The van der Waals surface area contributed by atoms with Gasteiger partial charge in [0.15, 0.2) is 17.1 Å². The summed E-state index contributed by atoms with van der Waals surface area (Å²) in [6.07, 6.45) is 0.0579. The van der Waals surface area contributed by atoms with E-state index < -0.39 is 11.8 Å². The van der Waals surface area contributed by atoms with Crippen LogP contribution in [0.15, 0.2) is 8.94 Å². The number of phenols is 2. The van der Waals surface area contributed by atoms with E-state index in [2.05, 4.69) is 5.16 Å². The van der Waals surface area contributed by atoms with Crippen molar-refractivity contribution in [2.45, 2.75) is 34.1 Å². The van der Waals surface area contributed by atoms with E-state index in [4.69, 9.17) is 13.7 Å². The van der Waals surface area contributed by atoms with Gasteiger partial charge in [0.2, 0.25) is 0 Å². The standard InChI is InChI=1S/C19H19NO7/c1-7-11(6-12-14(19(24)25-5)9(3)20-27-12)26-18-13(7)16(22)8(2)17(23)15(18)10(4)21/h22-23H,6H2,1-5H3. The van der Waals surface area contributed by atoms with Gasteiger partial charge in [0.05, 0.1) is 24.6 Å². The minimum Gasteiger partial charge on any atom is -0.507 e. The smallest absolute Gasteiger partial charge is 0.343 e. The molecule has 3 rings (SSSR count). The molecular weight excluding hydrogens is 354 g/mol. The number of ether oxygens (including phenoxy) is 1. The number of ketones is 1. The van der Waals surface area contributed by atoms with E-state index in [1.54, 1.807) is 13.8 Å². The van der Waals surface area contributed by atoms with Crippen LogP contribution in [0.25, 0.3) is 11.0 Å². The first kappa shape index (κ1) is 18.5. The SMILES string of the molecule is COC(=O)c1c(C)noc1Cc1oc2c(C(C)=O)c(O)c(C)c(O)c2c1C. The van der Waals surface area contributed by atoms with E-state index in [0.29, 0.717) is 22.4 Å². The fraction of sp³-hybridized carbons (Fsp3) is 0.316. The number of hydrogen-bond donors (Lipinski definition) is 2. The summed E-state index contributed by atoms with van der Waals surface area (Å²) < 4.78 is 15.8. The summed E-state index contributed by atoms with van der Waals surface area (Å²) in [4.78, 5) is 24.0. The number of aryl methyl sites for hydroxylation is 2. The number of esters is 1. The minimum absolute atomic E-state index is 0.00316. The lowest BCUT2D eigenvalue weighted by molar-refractivity contribution is 0.0597. The molecule has 0 atom stereocenters. The molecule has 2 N–H and O–H groups in total. The lowest BCUT2D eigenvalue weighted by Crippen LogP contribution is -2.05. The molecule has 27 heavy (non-hydrogen) atoms. The minimum atomic E-state index is -0.585. The second-order valence-corrected chi connectivity index (χ2v) is 6.34. The summed E-state index contributed by atoms with van der Waals surface area (Å²) >= 11 is 0. The number of carbonyl (C=O) groups is 2. The van der Waals surface area contributed by atoms with E-state index in [1.807, 2.05) is 0 Å². The van der Waals surface area contributed by atoms with Gasteiger partial charge in [-0.3, -0.25) is 4.79 Å². The zero-order valence-corrected chi connectivity index (χ0v) is 15.6. The van der Waals surface area contributed by atoms with E-state index >= 15 is 0 Å².